The van der Waals surface area contributed by atoms with Crippen LogP contribution in [0.1, 0.15) is 38.5 Å². The van der Waals surface area contributed by atoms with Gasteiger partial charge in [0.05, 0.1) is 11.4 Å². The van der Waals surface area contributed by atoms with Crippen LogP contribution in [-0.2, 0) is 0 Å². The summed E-state index contributed by atoms with van der Waals surface area (Å²) in [6, 6.07) is 16.6. The quantitative estimate of drug-likeness (QED) is 0.223. The summed E-state index contributed by atoms with van der Waals surface area (Å²) in [6.07, 6.45) is 7.31. The summed E-state index contributed by atoms with van der Waals surface area (Å²) in [5.74, 6) is 0.930. The number of thiocarbonyl (C=S) groups is 1. The Bertz CT molecular complexity index is 902. The number of nitrogens with zero attached hydrogens (tertiary/aromatic N) is 4. The Labute approximate surface area is 207 Å². The molecule has 0 saturated carbocycles. The van der Waals surface area contributed by atoms with Gasteiger partial charge < -0.3 is 9.80 Å². The zero-order valence-electron chi connectivity index (χ0n) is 17.6. The molecule has 0 atom stereocenters. The molecule has 164 valence electrons. The Hall–Kier alpha value is -1.44. The van der Waals surface area contributed by atoms with Crippen LogP contribution in [0, 0.1) is 0 Å². The normalized spacial score (nSPS) is 17.5. The minimum atomic E-state index is 0.850. The molecule has 0 aliphatic carbocycles. The van der Waals surface area contributed by atoms with Crippen LogP contribution in [0.2, 0.25) is 0 Å². The molecule has 0 radical (unpaired) electrons. The highest BCUT2D eigenvalue weighted by molar-refractivity contribution is 9.10. The number of rotatable bonds is 2. The molecule has 7 heteroatoms. The van der Waals surface area contributed by atoms with Crippen molar-refractivity contribution in [2.75, 3.05) is 31.1 Å². The molecule has 4 rings (SSSR count). The van der Waals surface area contributed by atoms with Gasteiger partial charge in [0.2, 0.25) is 5.96 Å². The van der Waals surface area contributed by atoms with Crippen LogP contribution in [0.25, 0.3) is 0 Å². The Balaban J connectivity index is 1.78. The van der Waals surface area contributed by atoms with Crippen LogP contribution in [-0.4, -0.2) is 47.1 Å². The minimum Gasteiger partial charge on any atom is -0.348 e. The first-order valence-electron chi connectivity index (χ1n) is 11.1. The molecule has 2 fully saturated rings. The SMILES string of the molecule is S=C(N1CCCCC1)N(C(=Nc1ccc(Br)cc1)N1CCCCC1)c1ccc(Br)cc1. The zero-order valence-corrected chi connectivity index (χ0v) is 21.6. The molecule has 0 amide bonds. The van der Waals surface area contributed by atoms with E-state index in [1.807, 2.05) is 12.1 Å². The summed E-state index contributed by atoms with van der Waals surface area (Å²) in [4.78, 5) is 12.1. The van der Waals surface area contributed by atoms with Crippen molar-refractivity contribution in [2.24, 2.45) is 4.99 Å². The molecule has 2 aromatic carbocycles. The molecular formula is C24H28Br2N4S. The van der Waals surface area contributed by atoms with Crippen LogP contribution < -0.4 is 4.90 Å². The van der Waals surface area contributed by atoms with E-state index in [0.717, 1.165) is 57.6 Å². The summed E-state index contributed by atoms with van der Waals surface area (Å²) >= 11 is 13.2. The third-order valence-electron chi connectivity index (χ3n) is 5.80. The second-order valence-corrected chi connectivity index (χ2v) is 10.3. The lowest BCUT2D eigenvalue weighted by Crippen LogP contribution is -2.54. The van der Waals surface area contributed by atoms with Gasteiger partial charge in [-0.2, -0.15) is 0 Å². The summed E-state index contributed by atoms with van der Waals surface area (Å²) in [7, 11) is 0. The van der Waals surface area contributed by atoms with Crippen molar-refractivity contribution in [1.29, 1.82) is 0 Å². The molecule has 31 heavy (non-hydrogen) atoms. The third-order valence-corrected chi connectivity index (χ3v) is 7.30. The van der Waals surface area contributed by atoms with E-state index in [1.54, 1.807) is 0 Å². The largest absolute Gasteiger partial charge is 0.348 e. The number of benzene rings is 2. The van der Waals surface area contributed by atoms with Gasteiger partial charge in [0.15, 0.2) is 5.11 Å². The van der Waals surface area contributed by atoms with Gasteiger partial charge in [0, 0.05) is 35.1 Å². The highest BCUT2D eigenvalue weighted by Crippen LogP contribution is 2.26. The molecule has 2 aromatic rings. The number of hydrogen-bond acceptors (Lipinski definition) is 2. The number of halogens is 2. The second-order valence-electron chi connectivity index (χ2n) is 8.08. The molecule has 0 unspecified atom stereocenters. The summed E-state index contributed by atoms with van der Waals surface area (Å²) < 4.78 is 2.11. The maximum Gasteiger partial charge on any atom is 0.212 e. The number of guanidine groups is 1. The van der Waals surface area contributed by atoms with E-state index in [1.165, 1.54) is 38.5 Å². The van der Waals surface area contributed by atoms with Crippen molar-refractivity contribution >= 4 is 66.5 Å². The number of aliphatic imine (C=N–C) groups is 1. The van der Waals surface area contributed by atoms with E-state index in [4.69, 9.17) is 17.2 Å². The van der Waals surface area contributed by atoms with Crippen LogP contribution in [0.5, 0.6) is 0 Å². The first-order valence-corrected chi connectivity index (χ1v) is 13.0. The van der Waals surface area contributed by atoms with Gasteiger partial charge in [-0.25, -0.2) is 4.99 Å². The molecule has 2 heterocycles. The van der Waals surface area contributed by atoms with Gasteiger partial charge in [0.25, 0.3) is 0 Å². The van der Waals surface area contributed by atoms with E-state index in [9.17, 15) is 0 Å². The standard InChI is InChI=1S/C24H28Br2N4S/c25-19-7-11-21(12-8-19)27-23(28-15-3-1-4-16-28)30(22-13-9-20(26)10-14-22)24(31)29-17-5-2-6-18-29/h7-14H,1-6,15-18H2. The summed E-state index contributed by atoms with van der Waals surface area (Å²) in [6.45, 7) is 4.03. The van der Waals surface area contributed by atoms with Crippen molar-refractivity contribution in [2.45, 2.75) is 38.5 Å². The summed E-state index contributed by atoms with van der Waals surface area (Å²) in [5, 5.41) is 0.850. The lowest BCUT2D eigenvalue weighted by atomic mass is 10.1. The minimum absolute atomic E-state index is 0.850. The zero-order chi connectivity index (χ0) is 21.6. The molecule has 0 spiro atoms. The monoisotopic (exact) mass is 562 g/mol. The van der Waals surface area contributed by atoms with Crippen molar-refractivity contribution in [1.82, 2.24) is 9.80 Å². The third kappa shape index (κ3) is 5.88. The van der Waals surface area contributed by atoms with Gasteiger partial charge >= 0.3 is 0 Å². The highest BCUT2D eigenvalue weighted by Gasteiger charge is 2.29. The van der Waals surface area contributed by atoms with Crippen molar-refractivity contribution < 1.29 is 0 Å². The summed E-state index contributed by atoms with van der Waals surface area (Å²) in [5.41, 5.74) is 1.99. The molecule has 2 saturated heterocycles. The van der Waals surface area contributed by atoms with Crippen LogP contribution in [0.3, 0.4) is 0 Å². The van der Waals surface area contributed by atoms with Gasteiger partial charge in [-0.15, -0.1) is 0 Å². The number of likely N-dealkylation sites (tertiary alicyclic amines) is 2. The van der Waals surface area contributed by atoms with E-state index in [-0.39, 0.29) is 0 Å². The molecule has 0 N–H and O–H groups in total. The predicted molar refractivity (Wildman–Crippen MR) is 141 cm³/mol. The van der Waals surface area contributed by atoms with Crippen LogP contribution in [0.4, 0.5) is 11.4 Å². The lowest BCUT2D eigenvalue weighted by Gasteiger charge is -2.40. The molecule has 4 nitrogen and oxygen atoms in total. The maximum absolute atomic E-state index is 6.12. The smallest absolute Gasteiger partial charge is 0.212 e. The highest BCUT2D eigenvalue weighted by atomic mass is 79.9. The molecule has 2 aliphatic rings. The van der Waals surface area contributed by atoms with Crippen LogP contribution in [0.15, 0.2) is 62.5 Å². The maximum atomic E-state index is 6.12. The first-order chi connectivity index (χ1) is 15.1. The molecule has 0 bridgehead atoms. The van der Waals surface area contributed by atoms with E-state index < -0.39 is 0 Å². The molecule has 0 aromatic heterocycles. The van der Waals surface area contributed by atoms with Crippen molar-refractivity contribution in [3.8, 4) is 0 Å². The lowest BCUT2D eigenvalue weighted by molar-refractivity contribution is 0.330. The topological polar surface area (TPSA) is 22.1 Å². The van der Waals surface area contributed by atoms with Crippen molar-refractivity contribution in [3.63, 3.8) is 0 Å². The van der Waals surface area contributed by atoms with Gasteiger partial charge in [-0.3, -0.25) is 4.90 Å². The van der Waals surface area contributed by atoms with Gasteiger partial charge in [-0.1, -0.05) is 31.9 Å². The number of hydrogen-bond donors (Lipinski definition) is 0. The van der Waals surface area contributed by atoms with Gasteiger partial charge in [-0.05, 0) is 99.3 Å². The Morgan fingerprint density at radius 1 is 0.710 bits per heavy atom. The number of piperidine rings is 2. The number of anilines is 1. The second kappa shape index (κ2) is 10.9. The van der Waals surface area contributed by atoms with Crippen LogP contribution >= 0.6 is 44.1 Å². The fourth-order valence-corrected chi connectivity index (χ4v) is 5.01. The Morgan fingerprint density at radius 2 is 1.19 bits per heavy atom. The van der Waals surface area contributed by atoms with E-state index in [2.05, 4.69) is 83.0 Å². The Morgan fingerprint density at radius 3 is 1.74 bits per heavy atom. The van der Waals surface area contributed by atoms with Crippen molar-refractivity contribution in [3.05, 3.63) is 57.5 Å². The predicted octanol–water partition coefficient (Wildman–Crippen LogP) is 6.96. The molecule has 2 aliphatic heterocycles. The van der Waals surface area contributed by atoms with E-state index in [0.29, 0.717) is 0 Å². The fourth-order valence-electron chi connectivity index (χ4n) is 4.12. The average Bonchev–Trinajstić information content (AvgIpc) is 2.82. The van der Waals surface area contributed by atoms with E-state index >= 15 is 0 Å². The molecular weight excluding hydrogens is 536 g/mol. The first kappa shape index (κ1) is 22.7. The van der Waals surface area contributed by atoms with Gasteiger partial charge in [0.1, 0.15) is 0 Å². The Kier molecular flexibility index (Phi) is 8.02. The fraction of sp³-hybridized carbons (Fsp3) is 0.417. The average molecular weight is 564 g/mol.